The number of nitrogens with zero attached hydrogens (tertiary/aromatic N) is 3. The fourth-order valence-corrected chi connectivity index (χ4v) is 4.92. The molecule has 0 aromatic carbocycles. The Bertz CT molecular complexity index is 1100. The van der Waals surface area contributed by atoms with Crippen LogP contribution in [0.4, 0.5) is 0 Å². The smallest absolute Gasteiger partial charge is 0.177 e. The SMILES string of the molecule is Cc1cc(C(=O)[C@H](C)Sc2ncnc3sccc23)c(C)n1Cc1ccco1. The third-order valence-electron chi connectivity index (χ3n) is 4.62. The number of carbonyl (C=O) groups is 1. The predicted molar refractivity (Wildman–Crippen MR) is 109 cm³/mol. The molecule has 0 saturated heterocycles. The van der Waals surface area contributed by atoms with Gasteiger partial charge in [0.15, 0.2) is 5.78 Å². The molecule has 138 valence electrons. The number of hydrogen-bond donors (Lipinski definition) is 0. The van der Waals surface area contributed by atoms with Crippen LogP contribution in [0.2, 0.25) is 0 Å². The summed E-state index contributed by atoms with van der Waals surface area (Å²) in [6.07, 6.45) is 3.23. The fraction of sp³-hybridized carbons (Fsp3) is 0.250. The summed E-state index contributed by atoms with van der Waals surface area (Å²) in [4.78, 5) is 22.7. The summed E-state index contributed by atoms with van der Waals surface area (Å²) in [7, 11) is 0. The van der Waals surface area contributed by atoms with E-state index in [0.717, 1.165) is 38.0 Å². The van der Waals surface area contributed by atoms with E-state index in [0.29, 0.717) is 6.54 Å². The molecule has 0 radical (unpaired) electrons. The van der Waals surface area contributed by atoms with Crippen molar-refractivity contribution in [3.05, 3.63) is 64.9 Å². The third-order valence-corrected chi connectivity index (χ3v) is 6.55. The van der Waals surface area contributed by atoms with Gasteiger partial charge in [-0.05, 0) is 50.4 Å². The number of fused-ring (bicyclic) bond motifs is 1. The van der Waals surface area contributed by atoms with Crippen molar-refractivity contribution in [1.82, 2.24) is 14.5 Å². The van der Waals surface area contributed by atoms with Crippen LogP contribution in [-0.2, 0) is 6.54 Å². The Morgan fingerprint density at radius 3 is 2.96 bits per heavy atom. The first-order chi connectivity index (χ1) is 13.0. The highest BCUT2D eigenvalue weighted by atomic mass is 32.2. The molecule has 27 heavy (non-hydrogen) atoms. The standard InChI is InChI=1S/C20H19N3O2S2/c1-12-9-17(13(2)23(12)10-15-5-4-7-25-15)18(24)14(3)27-20-16-6-8-26-19(16)21-11-22-20/h4-9,11,14H,10H2,1-3H3/t14-/m0/s1. The Morgan fingerprint density at radius 1 is 1.33 bits per heavy atom. The Balaban J connectivity index is 1.58. The Morgan fingerprint density at radius 2 is 2.19 bits per heavy atom. The number of thioether (sulfide) groups is 1. The summed E-state index contributed by atoms with van der Waals surface area (Å²) in [5.41, 5.74) is 2.77. The molecule has 0 unspecified atom stereocenters. The second kappa shape index (κ2) is 7.32. The van der Waals surface area contributed by atoms with Crippen LogP contribution in [0.25, 0.3) is 10.2 Å². The molecule has 0 saturated carbocycles. The van der Waals surface area contributed by atoms with Crippen molar-refractivity contribution in [1.29, 1.82) is 0 Å². The van der Waals surface area contributed by atoms with Gasteiger partial charge in [0, 0.05) is 22.3 Å². The van der Waals surface area contributed by atoms with Crippen LogP contribution >= 0.6 is 23.1 Å². The summed E-state index contributed by atoms with van der Waals surface area (Å²) in [6, 6.07) is 7.80. The van der Waals surface area contributed by atoms with E-state index >= 15 is 0 Å². The van der Waals surface area contributed by atoms with Crippen LogP contribution in [0.3, 0.4) is 0 Å². The highest BCUT2D eigenvalue weighted by Crippen LogP contribution is 2.32. The average Bonchev–Trinajstić information content (AvgIpc) is 3.39. The van der Waals surface area contributed by atoms with Crippen molar-refractivity contribution in [3.63, 3.8) is 0 Å². The topological polar surface area (TPSA) is 60.9 Å². The van der Waals surface area contributed by atoms with E-state index in [9.17, 15) is 4.79 Å². The molecule has 0 N–H and O–H groups in total. The maximum absolute atomic E-state index is 13.1. The minimum absolute atomic E-state index is 0.112. The van der Waals surface area contributed by atoms with Crippen LogP contribution in [0.15, 0.2) is 51.7 Å². The zero-order valence-electron chi connectivity index (χ0n) is 15.3. The minimum atomic E-state index is -0.236. The van der Waals surface area contributed by atoms with Gasteiger partial charge in [-0.3, -0.25) is 4.79 Å². The van der Waals surface area contributed by atoms with Gasteiger partial charge in [-0.2, -0.15) is 0 Å². The normalized spacial score (nSPS) is 12.6. The van der Waals surface area contributed by atoms with Gasteiger partial charge in [0.2, 0.25) is 0 Å². The highest BCUT2D eigenvalue weighted by molar-refractivity contribution is 8.00. The van der Waals surface area contributed by atoms with Crippen LogP contribution in [-0.4, -0.2) is 25.6 Å². The second-order valence-corrected chi connectivity index (χ2v) is 8.62. The number of thiophene rings is 1. The Hall–Kier alpha value is -2.38. The number of Topliss-reactive ketones (excluding diaryl/α,β-unsaturated/α-hetero) is 1. The molecule has 0 fully saturated rings. The van der Waals surface area contributed by atoms with Gasteiger partial charge in [0.25, 0.3) is 0 Å². The van der Waals surface area contributed by atoms with E-state index in [1.54, 1.807) is 23.9 Å². The fourth-order valence-electron chi connectivity index (χ4n) is 3.15. The average molecular weight is 398 g/mol. The molecule has 5 nitrogen and oxygen atoms in total. The third kappa shape index (κ3) is 3.44. The van der Waals surface area contributed by atoms with Crippen molar-refractivity contribution in [2.75, 3.05) is 0 Å². The quantitative estimate of drug-likeness (QED) is 0.257. The van der Waals surface area contributed by atoms with Crippen molar-refractivity contribution in [2.45, 2.75) is 37.6 Å². The highest BCUT2D eigenvalue weighted by Gasteiger charge is 2.23. The molecule has 4 aromatic rings. The number of hydrogen-bond acceptors (Lipinski definition) is 6. The van der Waals surface area contributed by atoms with Gasteiger partial charge in [-0.1, -0.05) is 11.8 Å². The van der Waals surface area contributed by atoms with Crippen molar-refractivity contribution >= 4 is 39.1 Å². The number of furan rings is 1. The van der Waals surface area contributed by atoms with E-state index in [4.69, 9.17) is 4.42 Å². The number of aromatic nitrogens is 3. The Labute approximate surface area is 165 Å². The molecular weight excluding hydrogens is 378 g/mol. The lowest BCUT2D eigenvalue weighted by Gasteiger charge is -2.11. The summed E-state index contributed by atoms with van der Waals surface area (Å²) in [5, 5.41) is 3.63. The van der Waals surface area contributed by atoms with Gasteiger partial charge >= 0.3 is 0 Å². The van der Waals surface area contributed by atoms with Gasteiger partial charge in [0.05, 0.1) is 18.1 Å². The van der Waals surface area contributed by atoms with E-state index in [1.165, 1.54) is 11.8 Å². The number of aryl methyl sites for hydroxylation is 1. The maximum Gasteiger partial charge on any atom is 0.177 e. The van der Waals surface area contributed by atoms with Gasteiger partial charge < -0.3 is 8.98 Å². The second-order valence-electron chi connectivity index (χ2n) is 6.39. The monoisotopic (exact) mass is 397 g/mol. The molecule has 7 heteroatoms. The largest absolute Gasteiger partial charge is 0.467 e. The molecule has 4 aromatic heterocycles. The van der Waals surface area contributed by atoms with Gasteiger partial charge in [-0.15, -0.1) is 11.3 Å². The maximum atomic E-state index is 13.1. The molecule has 0 aliphatic carbocycles. The summed E-state index contributed by atoms with van der Waals surface area (Å²) in [5.74, 6) is 0.986. The number of carbonyl (C=O) groups excluding carboxylic acids is 1. The van der Waals surface area contributed by atoms with Crippen LogP contribution in [0, 0.1) is 13.8 Å². The molecule has 1 atom stereocenters. The lowest BCUT2D eigenvalue weighted by Crippen LogP contribution is -2.15. The molecule has 4 rings (SSSR count). The van der Waals surface area contributed by atoms with Gasteiger partial charge in [-0.25, -0.2) is 9.97 Å². The Kier molecular flexibility index (Phi) is 4.88. The first-order valence-electron chi connectivity index (χ1n) is 8.62. The van der Waals surface area contributed by atoms with E-state index < -0.39 is 0 Å². The lowest BCUT2D eigenvalue weighted by molar-refractivity contribution is 0.0993. The molecule has 0 aliphatic rings. The van der Waals surface area contributed by atoms with Crippen LogP contribution in [0.1, 0.15) is 34.4 Å². The zero-order chi connectivity index (χ0) is 19.0. The van der Waals surface area contributed by atoms with Crippen molar-refractivity contribution in [2.24, 2.45) is 0 Å². The molecule has 0 spiro atoms. The van der Waals surface area contributed by atoms with Crippen molar-refractivity contribution in [3.8, 4) is 0 Å². The van der Waals surface area contributed by atoms with Crippen LogP contribution < -0.4 is 0 Å². The molecular formula is C20H19N3O2S2. The minimum Gasteiger partial charge on any atom is -0.467 e. The van der Waals surface area contributed by atoms with E-state index in [-0.39, 0.29) is 11.0 Å². The molecule has 0 amide bonds. The predicted octanol–water partition coefficient (Wildman–Crippen LogP) is 5.11. The molecule has 0 aliphatic heterocycles. The van der Waals surface area contributed by atoms with E-state index in [1.807, 2.05) is 50.4 Å². The van der Waals surface area contributed by atoms with Crippen molar-refractivity contribution < 1.29 is 9.21 Å². The number of rotatable bonds is 6. The number of ketones is 1. The zero-order valence-corrected chi connectivity index (χ0v) is 16.9. The summed E-state index contributed by atoms with van der Waals surface area (Å²) < 4.78 is 7.57. The molecule has 0 bridgehead atoms. The van der Waals surface area contributed by atoms with Gasteiger partial charge in [0.1, 0.15) is 21.9 Å². The first-order valence-corrected chi connectivity index (χ1v) is 10.4. The lowest BCUT2D eigenvalue weighted by atomic mass is 10.1. The summed E-state index contributed by atoms with van der Waals surface area (Å²) >= 11 is 3.07. The summed E-state index contributed by atoms with van der Waals surface area (Å²) in [6.45, 7) is 6.57. The molecule has 4 heterocycles. The van der Waals surface area contributed by atoms with E-state index in [2.05, 4.69) is 14.5 Å². The van der Waals surface area contributed by atoms with Crippen LogP contribution in [0.5, 0.6) is 0 Å². The first kappa shape index (κ1) is 18.0.